The van der Waals surface area contributed by atoms with Crippen LogP contribution in [0.15, 0.2) is 22.2 Å². The summed E-state index contributed by atoms with van der Waals surface area (Å²) in [5.41, 5.74) is 1.83. The molecule has 1 N–H and O–H groups in total. The number of anilines is 1. The minimum Gasteiger partial charge on any atom is -0.493 e. The molecule has 1 amide bonds. The average molecular weight is 519 g/mol. The highest BCUT2D eigenvalue weighted by Gasteiger charge is 2.27. The zero-order valence-electron chi connectivity index (χ0n) is 18.0. The van der Waals surface area contributed by atoms with Gasteiger partial charge in [0.15, 0.2) is 11.5 Å². The van der Waals surface area contributed by atoms with Crippen molar-refractivity contribution in [1.29, 1.82) is 5.26 Å². The Kier molecular flexibility index (Phi) is 7.94. The van der Waals surface area contributed by atoms with Crippen molar-refractivity contribution in [2.24, 2.45) is 0 Å². The number of hydrogen-bond donors (Lipinski definition) is 1. The molecule has 1 aromatic carbocycles. The minimum absolute atomic E-state index is 0.106. The van der Waals surface area contributed by atoms with Crippen LogP contribution in [0, 0.1) is 11.3 Å². The number of hydrogen-bond acceptors (Lipinski definition) is 7. The van der Waals surface area contributed by atoms with Gasteiger partial charge in [0.25, 0.3) is 5.91 Å². The highest BCUT2D eigenvalue weighted by atomic mass is 79.9. The van der Waals surface area contributed by atoms with Crippen molar-refractivity contribution in [3.63, 3.8) is 0 Å². The van der Waals surface area contributed by atoms with Crippen LogP contribution in [-0.4, -0.2) is 32.7 Å². The molecule has 0 saturated carbocycles. The van der Waals surface area contributed by atoms with Crippen LogP contribution in [0.5, 0.6) is 11.5 Å². The van der Waals surface area contributed by atoms with Gasteiger partial charge in [-0.1, -0.05) is 0 Å². The van der Waals surface area contributed by atoms with E-state index in [4.69, 9.17) is 14.2 Å². The zero-order chi connectivity index (χ0) is 23.3. The lowest BCUT2D eigenvalue weighted by atomic mass is 9.95. The Bertz CT molecular complexity index is 1120. The van der Waals surface area contributed by atoms with Gasteiger partial charge in [0.05, 0.1) is 30.9 Å². The second-order valence-corrected chi connectivity index (χ2v) is 8.96. The van der Waals surface area contributed by atoms with Crippen LogP contribution in [0.1, 0.15) is 46.1 Å². The number of aryl methyl sites for hydroxylation is 1. The summed E-state index contributed by atoms with van der Waals surface area (Å²) in [7, 11) is 3.03. The Labute approximate surface area is 199 Å². The normalized spacial score (nSPS) is 13.0. The highest BCUT2D eigenvalue weighted by molar-refractivity contribution is 9.10. The van der Waals surface area contributed by atoms with Crippen LogP contribution in [0.2, 0.25) is 0 Å². The van der Waals surface area contributed by atoms with Crippen molar-refractivity contribution < 1.29 is 23.8 Å². The largest absolute Gasteiger partial charge is 0.493 e. The number of nitriles is 1. The quantitative estimate of drug-likeness (QED) is 0.310. The van der Waals surface area contributed by atoms with Gasteiger partial charge in [-0.3, -0.25) is 4.79 Å². The Hall–Kier alpha value is -2.83. The number of methoxy groups -OCH3 is 2. The van der Waals surface area contributed by atoms with Crippen molar-refractivity contribution in [2.45, 2.75) is 32.6 Å². The fourth-order valence-electron chi connectivity index (χ4n) is 3.58. The first-order valence-corrected chi connectivity index (χ1v) is 11.7. The van der Waals surface area contributed by atoms with Crippen molar-refractivity contribution in [1.82, 2.24) is 0 Å². The number of benzene rings is 1. The van der Waals surface area contributed by atoms with Crippen molar-refractivity contribution in [3.8, 4) is 17.6 Å². The molecule has 3 rings (SSSR count). The molecule has 1 aromatic heterocycles. The van der Waals surface area contributed by atoms with Gasteiger partial charge in [0.1, 0.15) is 16.6 Å². The van der Waals surface area contributed by atoms with E-state index in [0.29, 0.717) is 32.1 Å². The topological polar surface area (TPSA) is 97.7 Å². The molecule has 0 atom stereocenters. The summed E-state index contributed by atoms with van der Waals surface area (Å²) in [5.74, 6) is -0.0757. The number of nitrogens with one attached hydrogen (secondary N) is 1. The number of carbonyl (C=O) groups excluding carboxylic acids is 2. The standard InChI is InChI=1S/C23H23BrN2O5S/c1-4-31-23(28)19-15-7-5-6-8-18(15)32-22(19)26-21(27)14(12-25)9-13-10-16(24)20(30-3)17(11-13)29-2/h9-11H,4-8H2,1-3H3,(H,26,27)/b14-9+. The summed E-state index contributed by atoms with van der Waals surface area (Å²) in [6.45, 7) is 1.99. The van der Waals surface area contributed by atoms with E-state index in [1.54, 1.807) is 19.1 Å². The van der Waals surface area contributed by atoms with E-state index < -0.39 is 11.9 Å². The first-order valence-electron chi connectivity index (χ1n) is 10.1. The summed E-state index contributed by atoms with van der Waals surface area (Å²) in [5, 5.41) is 12.8. The van der Waals surface area contributed by atoms with E-state index in [1.807, 2.05) is 6.07 Å². The third-order valence-corrected chi connectivity index (χ3v) is 6.81. The first kappa shape index (κ1) is 23.8. The summed E-state index contributed by atoms with van der Waals surface area (Å²) >= 11 is 4.79. The SMILES string of the molecule is CCOC(=O)c1c(NC(=O)/C(C#N)=C/c2cc(Br)c(OC)c(OC)c2)sc2c1CCCC2. The maximum atomic E-state index is 12.9. The molecule has 32 heavy (non-hydrogen) atoms. The van der Waals surface area contributed by atoms with Crippen LogP contribution < -0.4 is 14.8 Å². The Morgan fingerprint density at radius 2 is 2.00 bits per heavy atom. The number of nitrogens with zero attached hydrogens (tertiary/aromatic N) is 1. The molecule has 1 aliphatic carbocycles. The van der Waals surface area contributed by atoms with E-state index in [1.165, 1.54) is 31.6 Å². The van der Waals surface area contributed by atoms with Gasteiger partial charge in [-0.2, -0.15) is 5.26 Å². The molecule has 1 aliphatic rings. The lowest BCUT2D eigenvalue weighted by Gasteiger charge is -2.12. The van der Waals surface area contributed by atoms with Crippen LogP contribution in [0.4, 0.5) is 5.00 Å². The summed E-state index contributed by atoms with van der Waals surface area (Å²) < 4.78 is 16.5. The highest BCUT2D eigenvalue weighted by Crippen LogP contribution is 2.39. The molecular formula is C23H23BrN2O5S. The number of amides is 1. The van der Waals surface area contributed by atoms with Gasteiger partial charge < -0.3 is 19.5 Å². The molecule has 0 bridgehead atoms. The lowest BCUT2D eigenvalue weighted by Crippen LogP contribution is -2.16. The first-order chi connectivity index (χ1) is 15.4. The van der Waals surface area contributed by atoms with E-state index in [9.17, 15) is 14.9 Å². The van der Waals surface area contributed by atoms with Crippen LogP contribution >= 0.6 is 27.3 Å². The molecular weight excluding hydrogens is 496 g/mol. The van der Waals surface area contributed by atoms with E-state index in [0.717, 1.165) is 36.1 Å². The van der Waals surface area contributed by atoms with Crippen molar-refractivity contribution >= 4 is 50.2 Å². The maximum absolute atomic E-state index is 12.9. The lowest BCUT2D eigenvalue weighted by molar-refractivity contribution is -0.112. The molecule has 0 radical (unpaired) electrons. The minimum atomic E-state index is -0.595. The van der Waals surface area contributed by atoms with Gasteiger partial charge in [-0.25, -0.2) is 4.79 Å². The fourth-order valence-corrected chi connectivity index (χ4v) is 5.47. The van der Waals surface area contributed by atoms with Crippen LogP contribution in [0.3, 0.4) is 0 Å². The summed E-state index contributed by atoms with van der Waals surface area (Å²) in [6, 6.07) is 5.33. The van der Waals surface area contributed by atoms with E-state index in [2.05, 4.69) is 21.2 Å². The van der Waals surface area contributed by atoms with Gasteiger partial charge in [-0.05, 0) is 77.9 Å². The molecule has 0 spiro atoms. The molecule has 0 fully saturated rings. The van der Waals surface area contributed by atoms with Gasteiger partial charge in [0, 0.05) is 4.88 Å². The molecule has 7 nitrogen and oxygen atoms in total. The number of ether oxygens (including phenoxy) is 3. The smallest absolute Gasteiger partial charge is 0.341 e. The Morgan fingerprint density at radius 1 is 1.25 bits per heavy atom. The van der Waals surface area contributed by atoms with Gasteiger partial charge in [0.2, 0.25) is 0 Å². The maximum Gasteiger partial charge on any atom is 0.341 e. The Morgan fingerprint density at radius 3 is 2.66 bits per heavy atom. The fraction of sp³-hybridized carbons (Fsp3) is 0.348. The predicted molar refractivity (Wildman–Crippen MR) is 126 cm³/mol. The Balaban J connectivity index is 1.94. The van der Waals surface area contributed by atoms with Crippen molar-refractivity contribution in [2.75, 3.05) is 26.1 Å². The number of carbonyl (C=O) groups is 2. The van der Waals surface area contributed by atoms with Gasteiger partial charge >= 0.3 is 5.97 Å². The monoisotopic (exact) mass is 518 g/mol. The molecule has 2 aromatic rings. The van der Waals surface area contributed by atoms with Crippen molar-refractivity contribution in [3.05, 3.63) is 43.7 Å². The van der Waals surface area contributed by atoms with Crippen LogP contribution in [0.25, 0.3) is 6.08 Å². The predicted octanol–water partition coefficient (Wildman–Crippen LogP) is 5.13. The molecule has 1 heterocycles. The van der Waals surface area contributed by atoms with E-state index >= 15 is 0 Å². The molecule has 168 valence electrons. The summed E-state index contributed by atoms with van der Waals surface area (Å²) in [4.78, 5) is 26.6. The second-order valence-electron chi connectivity index (χ2n) is 7.00. The number of thiophene rings is 1. The number of halogens is 1. The van der Waals surface area contributed by atoms with Crippen LogP contribution in [-0.2, 0) is 22.4 Å². The molecule has 0 aliphatic heterocycles. The van der Waals surface area contributed by atoms with Gasteiger partial charge in [-0.15, -0.1) is 11.3 Å². The molecule has 9 heteroatoms. The van der Waals surface area contributed by atoms with E-state index in [-0.39, 0.29) is 12.2 Å². The molecule has 0 saturated heterocycles. The number of fused-ring (bicyclic) bond motifs is 1. The molecule has 0 unspecified atom stereocenters. The third kappa shape index (κ3) is 4.97. The number of rotatable bonds is 7. The third-order valence-electron chi connectivity index (χ3n) is 5.01. The summed E-state index contributed by atoms with van der Waals surface area (Å²) in [6.07, 6.45) is 5.13. The number of esters is 1. The second kappa shape index (κ2) is 10.7. The zero-order valence-corrected chi connectivity index (χ0v) is 20.4. The average Bonchev–Trinajstić information content (AvgIpc) is 3.14.